The van der Waals surface area contributed by atoms with Gasteiger partial charge in [0.25, 0.3) is 0 Å². The van der Waals surface area contributed by atoms with Crippen molar-refractivity contribution in [2.24, 2.45) is 0 Å². The number of hydrogen-bond acceptors (Lipinski definition) is 9. The first-order chi connectivity index (χ1) is 30.7. The highest BCUT2D eigenvalue weighted by molar-refractivity contribution is 7.47. The van der Waals surface area contributed by atoms with Crippen LogP contribution in [0.15, 0.2) is 24.3 Å². The summed E-state index contributed by atoms with van der Waals surface area (Å²) < 4.78 is 32.8. The van der Waals surface area contributed by atoms with Crippen molar-refractivity contribution in [3.05, 3.63) is 24.3 Å². The lowest BCUT2D eigenvalue weighted by molar-refractivity contribution is -0.161. The third-order valence-electron chi connectivity index (χ3n) is 11.6. The third-order valence-corrected chi connectivity index (χ3v) is 12.5. The summed E-state index contributed by atoms with van der Waals surface area (Å²) in [6.45, 7) is 2.39. The van der Waals surface area contributed by atoms with Gasteiger partial charge in [-0.2, -0.15) is 0 Å². The minimum atomic E-state index is -4.63. The zero-order valence-electron chi connectivity index (χ0n) is 40.8. The van der Waals surface area contributed by atoms with Gasteiger partial charge in [0.2, 0.25) is 0 Å². The second-order valence-electron chi connectivity index (χ2n) is 17.9. The Bertz CT molecular complexity index is 1100. The summed E-state index contributed by atoms with van der Waals surface area (Å²) in [5.74, 6) is -0.952. The monoisotopic (exact) mass is 915 g/mol. The minimum Gasteiger partial charge on any atom is -0.462 e. The molecule has 3 N–H and O–H groups in total. The fraction of sp³-hybridized carbons (Fsp3) is 0.885. The van der Waals surface area contributed by atoms with Crippen molar-refractivity contribution in [1.82, 2.24) is 0 Å². The topological polar surface area (TPSA) is 149 Å². The first kappa shape index (κ1) is 61.5. The van der Waals surface area contributed by atoms with Crippen LogP contribution in [-0.4, -0.2) is 65.7 Å². The van der Waals surface area contributed by atoms with Gasteiger partial charge in [-0.15, -0.1) is 0 Å². The molecule has 0 rings (SSSR count). The van der Waals surface area contributed by atoms with Gasteiger partial charge in [0.15, 0.2) is 6.10 Å². The Hall–Kier alpha value is -1.55. The van der Waals surface area contributed by atoms with E-state index in [4.69, 9.17) is 23.6 Å². The van der Waals surface area contributed by atoms with E-state index in [2.05, 4.69) is 38.2 Å². The van der Waals surface area contributed by atoms with Gasteiger partial charge < -0.3 is 24.6 Å². The Morgan fingerprint density at radius 1 is 0.460 bits per heavy atom. The average Bonchev–Trinajstić information content (AvgIpc) is 3.27. The number of aliphatic hydroxyl groups excluding tert-OH is 2. The van der Waals surface area contributed by atoms with Gasteiger partial charge in [-0.05, 0) is 57.8 Å². The standard InChI is InChI=1S/C52H99O10P/c1-3-5-7-9-11-13-15-17-19-21-22-23-24-25-26-28-29-31-33-35-37-39-41-43-51(55)59-47-50(48-61-63(57,58)60-46-49(54)45-53)62-52(56)44-42-40-38-36-34-32-30-27-20-18-16-14-12-10-8-6-4-2/h14,16,35,37,49-50,53-54H,3-13,15,17-34,36,38-48H2,1-2H3,(H,57,58)/b16-14+,37-35+/t49-,50+/m1/s1. The van der Waals surface area contributed by atoms with Crippen LogP contribution in [-0.2, 0) is 32.7 Å². The van der Waals surface area contributed by atoms with Crippen molar-refractivity contribution < 1.29 is 47.8 Å². The van der Waals surface area contributed by atoms with E-state index in [-0.39, 0.29) is 19.4 Å². The lowest BCUT2D eigenvalue weighted by atomic mass is 10.0. The Kier molecular flexibility index (Phi) is 47.2. The van der Waals surface area contributed by atoms with E-state index >= 15 is 0 Å². The molecule has 0 saturated carbocycles. The maximum absolute atomic E-state index is 12.7. The lowest BCUT2D eigenvalue weighted by Crippen LogP contribution is -2.29. The first-order valence-corrected chi connectivity index (χ1v) is 27.8. The highest BCUT2D eigenvalue weighted by atomic mass is 31.2. The molecular formula is C52H99O10P. The molecule has 0 saturated heterocycles. The molecule has 0 aromatic heterocycles. The molecule has 0 heterocycles. The van der Waals surface area contributed by atoms with Gasteiger partial charge in [0, 0.05) is 12.8 Å². The second-order valence-corrected chi connectivity index (χ2v) is 19.3. The van der Waals surface area contributed by atoms with E-state index in [9.17, 15) is 24.2 Å². The van der Waals surface area contributed by atoms with E-state index in [1.807, 2.05) is 0 Å². The number of carbonyl (C=O) groups excluding carboxylic acids is 2. The van der Waals surface area contributed by atoms with Gasteiger partial charge in [-0.1, -0.05) is 212 Å². The van der Waals surface area contributed by atoms with Gasteiger partial charge >= 0.3 is 19.8 Å². The predicted molar refractivity (Wildman–Crippen MR) is 261 cm³/mol. The second kappa shape index (κ2) is 48.4. The van der Waals surface area contributed by atoms with Gasteiger partial charge in [-0.25, -0.2) is 4.57 Å². The van der Waals surface area contributed by atoms with Crippen LogP contribution in [0.4, 0.5) is 0 Å². The fourth-order valence-corrected chi connectivity index (χ4v) is 8.31. The van der Waals surface area contributed by atoms with Gasteiger partial charge in [0.1, 0.15) is 12.7 Å². The van der Waals surface area contributed by atoms with Crippen LogP contribution in [0, 0.1) is 0 Å². The van der Waals surface area contributed by atoms with E-state index in [0.29, 0.717) is 12.8 Å². The van der Waals surface area contributed by atoms with E-state index in [0.717, 1.165) is 32.1 Å². The van der Waals surface area contributed by atoms with Crippen LogP contribution in [0.5, 0.6) is 0 Å². The van der Waals surface area contributed by atoms with E-state index < -0.39 is 51.8 Å². The maximum Gasteiger partial charge on any atom is 0.472 e. The van der Waals surface area contributed by atoms with Crippen LogP contribution in [0.3, 0.4) is 0 Å². The number of rotatable bonds is 50. The van der Waals surface area contributed by atoms with Crippen molar-refractivity contribution in [2.45, 2.75) is 270 Å². The number of aliphatic hydroxyl groups is 2. The number of ether oxygens (including phenoxy) is 2. The average molecular weight is 915 g/mol. The predicted octanol–water partition coefficient (Wildman–Crippen LogP) is 14.9. The fourth-order valence-electron chi connectivity index (χ4n) is 7.52. The molecule has 0 fully saturated rings. The molecule has 372 valence electrons. The number of unbranched alkanes of at least 4 members (excludes halogenated alkanes) is 32. The molecule has 0 spiro atoms. The molecule has 0 aliphatic carbocycles. The SMILES string of the molecule is CCCCCC/C=C/CCCCCCCCCCCC(=O)O[C@@H](COC(=O)CCC/C=C/CCCCCCCCCCCCCCCCCCCC)COP(=O)(O)OC[C@H](O)CO. The Labute approximate surface area is 387 Å². The summed E-state index contributed by atoms with van der Waals surface area (Å²) in [7, 11) is -4.63. The van der Waals surface area contributed by atoms with Gasteiger partial charge in [0.05, 0.1) is 19.8 Å². The van der Waals surface area contributed by atoms with Crippen molar-refractivity contribution in [2.75, 3.05) is 26.4 Å². The van der Waals surface area contributed by atoms with Crippen LogP contribution < -0.4 is 0 Å². The van der Waals surface area contributed by atoms with Crippen LogP contribution in [0.25, 0.3) is 0 Å². The Morgan fingerprint density at radius 2 is 0.794 bits per heavy atom. The number of phosphoric ester groups is 1. The lowest BCUT2D eigenvalue weighted by Gasteiger charge is -2.20. The molecule has 11 heteroatoms. The van der Waals surface area contributed by atoms with Crippen molar-refractivity contribution in [3.8, 4) is 0 Å². The summed E-state index contributed by atoms with van der Waals surface area (Å²) in [4.78, 5) is 35.2. The summed E-state index contributed by atoms with van der Waals surface area (Å²) in [5, 5.41) is 18.4. The molecule has 3 atom stereocenters. The zero-order chi connectivity index (χ0) is 46.2. The maximum atomic E-state index is 12.7. The summed E-state index contributed by atoms with van der Waals surface area (Å²) >= 11 is 0. The van der Waals surface area contributed by atoms with E-state index in [1.54, 1.807) is 0 Å². The van der Waals surface area contributed by atoms with Crippen molar-refractivity contribution in [1.29, 1.82) is 0 Å². The summed E-state index contributed by atoms with van der Waals surface area (Å²) in [5.41, 5.74) is 0. The molecule has 63 heavy (non-hydrogen) atoms. The summed E-state index contributed by atoms with van der Waals surface area (Å²) in [6.07, 6.45) is 51.6. The quantitative estimate of drug-likeness (QED) is 0.0233. The zero-order valence-corrected chi connectivity index (χ0v) is 41.7. The Morgan fingerprint density at radius 3 is 1.21 bits per heavy atom. The number of esters is 2. The Balaban J connectivity index is 4.15. The van der Waals surface area contributed by atoms with Crippen LogP contribution in [0.1, 0.15) is 258 Å². The largest absolute Gasteiger partial charge is 0.472 e. The molecule has 0 amide bonds. The summed E-state index contributed by atoms with van der Waals surface area (Å²) in [6, 6.07) is 0. The smallest absolute Gasteiger partial charge is 0.462 e. The molecule has 10 nitrogen and oxygen atoms in total. The minimum absolute atomic E-state index is 0.179. The normalized spacial score (nSPS) is 13.8. The molecular weight excluding hydrogens is 816 g/mol. The highest BCUT2D eigenvalue weighted by Crippen LogP contribution is 2.43. The van der Waals surface area contributed by atoms with Crippen LogP contribution in [0.2, 0.25) is 0 Å². The third kappa shape index (κ3) is 48.2. The van der Waals surface area contributed by atoms with E-state index in [1.165, 1.54) is 186 Å². The molecule has 0 aromatic carbocycles. The highest BCUT2D eigenvalue weighted by Gasteiger charge is 2.27. The number of carbonyl (C=O) groups is 2. The molecule has 0 bridgehead atoms. The number of phosphoric acid groups is 1. The van der Waals surface area contributed by atoms with Crippen LogP contribution >= 0.6 is 7.82 Å². The number of hydrogen-bond donors (Lipinski definition) is 3. The molecule has 0 aliphatic heterocycles. The molecule has 0 radical (unpaired) electrons. The first-order valence-electron chi connectivity index (χ1n) is 26.3. The van der Waals surface area contributed by atoms with Crippen molar-refractivity contribution in [3.63, 3.8) is 0 Å². The van der Waals surface area contributed by atoms with Crippen molar-refractivity contribution >= 4 is 19.8 Å². The molecule has 1 unspecified atom stereocenters. The molecule has 0 aromatic rings. The molecule has 0 aliphatic rings. The van der Waals surface area contributed by atoms with Gasteiger partial charge in [-0.3, -0.25) is 18.6 Å². The number of allylic oxidation sites excluding steroid dienone is 4.